The van der Waals surface area contributed by atoms with Gasteiger partial charge in [-0.2, -0.15) is 0 Å². The predicted molar refractivity (Wildman–Crippen MR) is 113 cm³/mol. The van der Waals surface area contributed by atoms with Gasteiger partial charge in [0.15, 0.2) is 0 Å². The number of esters is 1. The van der Waals surface area contributed by atoms with Crippen LogP contribution in [0.15, 0.2) is 41.8 Å². The van der Waals surface area contributed by atoms with Gasteiger partial charge in [0.05, 0.1) is 17.0 Å². The van der Waals surface area contributed by atoms with Crippen LogP contribution >= 0.6 is 11.3 Å². The smallest absolute Gasteiger partial charge is 0.338 e. The molecule has 29 heavy (non-hydrogen) atoms. The molecule has 0 unspecified atom stereocenters. The number of hydrogen-bond acceptors (Lipinski definition) is 5. The SMILES string of the molecule is CCCCOC(=O)c1ccc(NC(=O)C2CCN(C(=O)c3cccs3)CC2)cc1. The summed E-state index contributed by atoms with van der Waals surface area (Å²) in [4.78, 5) is 39.4. The average Bonchev–Trinajstić information content (AvgIpc) is 3.29. The van der Waals surface area contributed by atoms with Crippen LogP contribution in [0, 0.1) is 5.92 Å². The van der Waals surface area contributed by atoms with Gasteiger partial charge >= 0.3 is 5.97 Å². The fourth-order valence-electron chi connectivity index (χ4n) is 3.23. The molecule has 0 atom stereocenters. The van der Waals surface area contributed by atoms with Gasteiger partial charge in [0.1, 0.15) is 0 Å². The molecule has 0 saturated carbocycles. The maximum Gasteiger partial charge on any atom is 0.338 e. The zero-order valence-corrected chi connectivity index (χ0v) is 17.4. The second-order valence-electron chi connectivity index (χ2n) is 7.10. The van der Waals surface area contributed by atoms with Crippen LogP contribution in [0.1, 0.15) is 52.6 Å². The second kappa shape index (κ2) is 10.2. The summed E-state index contributed by atoms with van der Waals surface area (Å²) in [5, 5.41) is 4.80. The number of anilines is 1. The van der Waals surface area contributed by atoms with Gasteiger partial charge in [0, 0.05) is 24.7 Å². The highest BCUT2D eigenvalue weighted by Gasteiger charge is 2.28. The molecule has 1 N–H and O–H groups in total. The van der Waals surface area contributed by atoms with Crippen molar-refractivity contribution in [1.29, 1.82) is 0 Å². The molecule has 7 heteroatoms. The Morgan fingerprint density at radius 2 is 1.86 bits per heavy atom. The molecule has 1 aliphatic heterocycles. The van der Waals surface area contributed by atoms with E-state index >= 15 is 0 Å². The first-order valence-electron chi connectivity index (χ1n) is 9.99. The lowest BCUT2D eigenvalue weighted by Gasteiger charge is -2.31. The highest BCUT2D eigenvalue weighted by molar-refractivity contribution is 7.12. The van der Waals surface area contributed by atoms with Crippen LogP contribution in [0.5, 0.6) is 0 Å². The molecule has 0 bridgehead atoms. The number of ether oxygens (including phenoxy) is 1. The van der Waals surface area contributed by atoms with Crippen molar-refractivity contribution in [2.45, 2.75) is 32.6 Å². The van der Waals surface area contributed by atoms with Gasteiger partial charge in [-0.15, -0.1) is 11.3 Å². The number of likely N-dealkylation sites (tertiary alicyclic amines) is 1. The Morgan fingerprint density at radius 1 is 1.14 bits per heavy atom. The van der Waals surface area contributed by atoms with E-state index in [-0.39, 0.29) is 23.7 Å². The Labute approximate surface area is 174 Å². The van der Waals surface area contributed by atoms with Crippen LogP contribution in [-0.2, 0) is 9.53 Å². The third kappa shape index (κ3) is 5.67. The number of piperidine rings is 1. The molecule has 1 aliphatic rings. The quantitative estimate of drug-likeness (QED) is 0.544. The largest absolute Gasteiger partial charge is 0.462 e. The summed E-state index contributed by atoms with van der Waals surface area (Å²) in [5.74, 6) is -0.480. The van der Waals surface area contributed by atoms with Crippen molar-refractivity contribution in [2.24, 2.45) is 5.92 Å². The van der Waals surface area contributed by atoms with Crippen molar-refractivity contribution in [2.75, 3.05) is 25.0 Å². The summed E-state index contributed by atoms with van der Waals surface area (Å²) >= 11 is 1.44. The molecular formula is C22H26N2O4S. The van der Waals surface area contributed by atoms with Crippen molar-refractivity contribution in [3.8, 4) is 0 Å². The Hall–Kier alpha value is -2.67. The van der Waals surface area contributed by atoms with E-state index in [0.717, 1.165) is 17.7 Å². The van der Waals surface area contributed by atoms with Crippen LogP contribution in [0.4, 0.5) is 5.69 Å². The fraction of sp³-hybridized carbons (Fsp3) is 0.409. The molecule has 6 nitrogen and oxygen atoms in total. The summed E-state index contributed by atoms with van der Waals surface area (Å²) < 4.78 is 5.18. The minimum atomic E-state index is -0.348. The third-order valence-electron chi connectivity index (χ3n) is 5.00. The van der Waals surface area contributed by atoms with Gasteiger partial charge in [0.2, 0.25) is 5.91 Å². The molecule has 0 radical (unpaired) electrons. The van der Waals surface area contributed by atoms with E-state index < -0.39 is 0 Å². The molecule has 1 fully saturated rings. The minimum Gasteiger partial charge on any atom is -0.462 e. The van der Waals surface area contributed by atoms with Crippen molar-refractivity contribution >= 4 is 34.8 Å². The van der Waals surface area contributed by atoms with E-state index in [1.165, 1.54) is 11.3 Å². The highest BCUT2D eigenvalue weighted by atomic mass is 32.1. The summed E-state index contributed by atoms with van der Waals surface area (Å²) in [6.07, 6.45) is 3.10. The first-order valence-corrected chi connectivity index (χ1v) is 10.9. The molecule has 1 aromatic carbocycles. The normalized spacial score (nSPS) is 14.4. The predicted octanol–water partition coefficient (Wildman–Crippen LogP) is 4.20. The average molecular weight is 415 g/mol. The van der Waals surface area contributed by atoms with E-state index in [2.05, 4.69) is 5.32 Å². The van der Waals surface area contributed by atoms with Gasteiger partial charge in [-0.3, -0.25) is 9.59 Å². The zero-order chi connectivity index (χ0) is 20.6. The molecule has 1 aromatic heterocycles. The Kier molecular flexibility index (Phi) is 7.41. The molecular weight excluding hydrogens is 388 g/mol. The van der Waals surface area contributed by atoms with E-state index in [9.17, 15) is 14.4 Å². The van der Waals surface area contributed by atoms with Gasteiger partial charge in [-0.25, -0.2) is 4.79 Å². The lowest BCUT2D eigenvalue weighted by molar-refractivity contribution is -0.121. The van der Waals surface area contributed by atoms with Gasteiger partial charge in [0.25, 0.3) is 5.91 Å². The van der Waals surface area contributed by atoms with Gasteiger partial charge in [-0.1, -0.05) is 19.4 Å². The molecule has 2 amide bonds. The lowest BCUT2D eigenvalue weighted by atomic mass is 9.95. The topological polar surface area (TPSA) is 75.7 Å². The molecule has 0 aliphatic carbocycles. The Bertz CT molecular complexity index is 825. The van der Waals surface area contributed by atoms with Gasteiger partial charge < -0.3 is 15.0 Å². The van der Waals surface area contributed by atoms with Crippen molar-refractivity contribution in [1.82, 2.24) is 4.90 Å². The van der Waals surface area contributed by atoms with Crippen LogP contribution in [0.2, 0.25) is 0 Å². The first kappa shape index (κ1) is 21.0. The summed E-state index contributed by atoms with van der Waals surface area (Å²) in [6, 6.07) is 10.4. The highest BCUT2D eigenvalue weighted by Crippen LogP contribution is 2.22. The third-order valence-corrected chi connectivity index (χ3v) is 5.86. The Balaban J connectivity index is 1.47. The minimum absolute atomic E-state index is 0.0419. The first-order chi connectivity index (χ1) is 14.1. The van der Waals surface area contributed by atoms with Crippen LogP contribution < -0.4 is 5.32 Å². The number of nitrogens with zero attached hydrogens (tertiary/aromatic N) is 1. The summed E-state index contributed by atoms with van der Waals surface area (Å²) in [7, 11) is 0. The van der Waals surface area contributed by atoms with E-state index in [4.69, 9.17) is 4.74 Å². The van der Waals surface area contributed by atoms with Crippen molar-refractivity contribution < 1.29 is 19.1 Å². The summed E-state index contributed by atoms with van der Waals surface area (Å²) in [5.41, 5.74) is 1.12. The maximum atomic E-state index is 12.6. The van der Waals surface area contributed by atoms with E-state index in [1.54, 1.807) is 24.3 Å². The molecule has 2 heterocycles. The van der Waals surface area contributed by atoms with Crippen molar-refractivity contribution in [3.63, 3.8) is 0 Å². The standard InChI is InChI=1S/C22H26N2O4S/c1-2-3-14-28-22(27)17-6-8-18(9-7-17)23-20(25)16-10-12-24(13-11-16)21(26)19-5-4-15-29-19/h4-9,15-16H,2-3,10-14H2,1H3,(H,23,25). The number of nitrogens with one attached hydrogen (secondary N) is 1. The maximum absolute atomic E-state index is 12.6. The monoisotopic (exact) mass is 414 g/mol. The fourth-order valence-corrected chi connectivity index (χ4v) is 3.92. The lowest BCUT2D eigenvalue weighted by Crippen LogP contribution is -2.41. The van der Waals surface area contributed by atoms with E-state index in [1.807, 2.05) is 29.3 Å². The number of unbranched alkanes of at least 4 members (excludes halogenated alkanes) is 1. The van der Waals surface area contributed by atoms with E-state index in [0.29, 0.717) is 43.8 Å². The van der Waals surface area contributed by atoms with Gasteiger partial charge in [-0.05, 0) is 55.0 Å². The van der Waals surface area contributed by atoms with Crippen molar-refractivity contribution in [3.05, 3.63) is 52.2 Å². The number of thiophene rings is 1. The number of carbonyl (C=O) groups excluding carboxylic acids is 3. The number of carbonyl (C=O) groups is 3. The molecule has 2 aromatic rings. The number of hydrogen-bond donors (Lipinski definition) is 1. The zero-order valence-electron chi connectivity index (χ0n) is 16.6. The Morgan fingerprint density at radius 3 is 2.48 bits per heavy atom. The van der Waals surface area contributed by atoms with Crippen LogP contribution in [0.3, 0.4) is 0 Å². The summed E-state index contributed by atoms with van der Waals surface area (Å²) in [6.45, 7) is 3.62. The number of rotatable bonds is 7. The molecule has 3 rings (SSSR count). The van der Waals surface area contributed by atoms with Crippen LogP contribution in [-0.4, -0.2) is 42.4 Å². The molecule has 154 valence electrons. The molecule has 1 saturated heterocycles. The number of benzene rings is 1. The number of amides is 2. The second-order valence-corrected chi connectivity index (χ2v) is 8.05. The molecule has 0 spiro atoms. The van der Waals surface area contributed by atoms with Crippen LogP contribution in [0.25, 0.3) is 0 Å².